The second kappa shape index (κ2) is 7.52. The Morgan fingerprint density at radius 3 is 2.87 bits per heavy atom. The average molecular weight is 413 g/mol. The SMILES string of the molecule is CNc1nc(-c2cccc(N3CCc4cc(C)ccc4C3=O)c2CO)cn2ccnc12. The molecular weight excluding hydrogens is 390 g/mol. The van der Waals surface area contributed by atoms with Gasteiger partial charge >= 0.3 is 0 Å². The van der Waals surface area contributed by atoms with Gasteiger partial charge in [0.15, 0.2) is 11.5 Å². The Bertz CT molecular complexity index is 1310. The second-order valence-electron chi connectivity index (χ2n) is 7.71. The van der Waals surface area contributed by atoms with Crippen LogP contribution in [-0.4, -0.2) is 39.0 Å². The van der Waals surface area contributed by atoms with E-state index in [4.69, 9.17) is 4.98 Å². The molecule has 1 amide bonds. The van der Waals surface area contributed by atoms with Gasteiger partial charge in [-0.25, -0.2) is 9.97 Å². The Morgan fingerprint density at radius 1 is 1.19 bits per heavy atom. The van der Waals surface area contributed by atoms with Crippen LogP contribution in [0.15, 0.2) is 55.0 Å². The van der Waals surface area contributed by atoms with Crippen molar-refractivity contribution in [3.05, 3.63) is 77.2 Å². The van der Waals surface area contributed by atoms with Crippen LogP contribution >= 0.6 is 0 Å². The van der Waals surface area contributed by atoms with Crippen molar-refractivity contribution >= 4 is 23.1 Å². The van der Waals surface area contributed by atoms with Crippen molar-refractivity contribution in [3.63, 3.8) is 0 Å². The summed E-state index contributed by atoms with van der Waals surface area (Å²) >= 11 is 0. The van der Waals surface area contributed by atoms with Crippen LogP contribution in [0.4, 0.5) is 11.5 Å². The van der Waals surface area contributed by atoms with E-state index in [2.05, 4.69) is 16.4 Å². The normalized spacial score (nSPS) is 13.5. The summed E-state index contributed by atoms with van der Waals surface area (Å²) < 4.78 is 1.90. The fourth-order valence-electron chi connectivity index (χ4n) is 4.31. The lowest BCUT2D eigenvalue weighted by molar-refractivity contribution is 0.0980. The van der Waals surface area contributed by atoms with E-state index < -0.39 is 0 Å². The van der Waals surface area contributed by atoms with Crippen LogP contribution in [0.2, 0.25) is 0 Å². The maximum Gasteiger partial charge on any atom is 0.258 e. The molecule has 2 aromatic heterocycles. The molecule has 156 valence electrons. The predicted molar refractivity (Wildman–Crippen MR) is 120 cm³/mol. The summed E-state index contributed by atoms with van der Waals surface area (Å²) in [6.07, 6.45) is 6.24. The number of anilines is 2. The lowest BCUT2D eigenvalue weighted by Crippen LogP contribution is -2.38. The number of hydrogen-bond acceptors (Lipinski definition) is 5. The summed E-state index contributed by atoms with van der Waals surface area (Å²) in [5, 5.41) is 13.4. The van der Waals surface area contributed by atoms with Gasteiger partial charge in [0.1, 0.15) is 0 Å². The van der Waals surface area contributed by atoms with E-state index in [-0.39, 0.29) is 12.5 Å². The van der Waals surface area contributed by atoms with Crippen LogP contribution in [0.1, 0.15) is 27.0 Å². The maximum absolute atomic E-state index is 13.3. The number of nitrogens with one attached hydrogen (secondary N) is 1. The summed E-state index contributed by atoms with van der Waals surface area (Å²) in [4.78, 5) is 24.1. The highest BCUT2D eigenvalue weighted by Crippen LogP contribution is 2.34. The average Bonchev–Trinajstić information content (AvgIpc) is 3.27. The lowest BCUT2D eigenvalue weighted by Gasteiger charge is -2.31. The number of carbonyl (C=O) groups is 1. The number of nitrogens with zero attached hydrogens (tertiary/aromatic N) is 4. The lowest BCUT2D eigenvalue weighted by atomic mass is 9.95. The van der Waals surface area contributed by atoms with Crippen LogP contribution < -0.4 is 10.2 Å². The number of rotatable bonds is 4. The minimum atomic E-state index is -0.200. The molecule has 0 bridgehead atoms. The van der Waals surface area contributed by atoms with Gasteiger partial charge in [-0.3, -0.25) is 4.79 Å². The van der Waals surface area contributed by atoms with Crippen molar-refractivity contribution in [3.8, 4) is 11.3 Å². The van der Waals surface area contributed by atoms with Gasteiger partial charge in [-0.2, -0.15) is 0 Å². The van der Waals surface area contributed by atoms with Gasteiger partial charge < -0.3 is 19.7 Å². The molecule has 0 fully saturated rings. The van der Waals surface area contributed by atoms with E-state index in [1.165, 1.54) is 0 Å². The molecule has 0 aliphatic carbocycles. The molecule has 0 radical (unpaired) electrons. The number of amides is 1. The Balaban J connectivity index is 1.62. The number of imidazole rings is 1. The Morgan fingerprint density at radius 2 is 2.06 bits per heavy atom. The highest BCUT2D eigenvalue weighted by Gasteiger charge is 2.28. The number of fused-ring (bicyclic) bond motifs is 2. The van der Waals surface area contributed by atoms with Gasteiger partial charge in [0, 0.05) is 48.9 Å². The summed E-state index contributed by atoms with van der Waals surface area (Å²) in [7, 11) is 1.80. The smallest absolute Gasteiger partial charge is 0.258 e. The molecule has 5 rings (SSSR count). The number of hydrogen-bond donors (Lipinski definition) is 2. The van der Waals surface area contributed by atoms with Crippen LogP contribution in [-0.2, 0) is 13.0 Å². The van der Waals surface area contributed by atoms with E-state index in [1.54, 1.807) is 18.1 Å². The Hall–Kier alpha value is -3.71. The zero-order chi connectivity index (χ0) is 21.5. The van der Waals surface area contributed by atoms with Crippen molar-refractivity contribution in [2.24, 2.45) is 0 Å². The molecule has 31 heavy (non-hydrogen) atoms. The molecule has 0 saturated heterocycles. The van der Waals surface area contributed by atoms with Crippen LogP contribution in [0.3, 0.4) is 0 Å². The first-order valence-corrected chi connectivity index (χ1v) is 10.3. The third-order valence-electron chi connectivity index (χ3n) is 5.83. The highest BCUT2D eigenvalue weighted by molar-refractivity contribution is 6.09. The highest BCUT2D eigenvalue weighted by atomic mass is 16.3. The third-order valence-corrected chi connectivity index (χ3v) is 5.83. The molecule has 0 unspecified atom stereocenters. The van der Waals surface area contributed by atoms with Crippen LogP contribution in [0, 0.1) is 6.92 Å². The third kappa shape index (κ3) is 3.14. The molecular formula is C24H23N5O2. The second-order valence-corrected chi connectivity index (χ2v) is 7.71. The topological polar surface area (TPSA) is 82.8 Å². The molecule has 4 aromatic rings. The monoisotopic (exact) mass is 413 g/mol. The van der Waals surface area contributed by atoms with E-state index >= 15 is 0 Å². The van der Waals surface area contributed by atoms with Crippen molar-refractivity contribution in [2.75, 3.05) is 23.8 Å². The van der Waals surface area contributed by atoms with Gasteiger partial charge in [-0.1, -0.05) is 29.8 Å². The molecule has 0 spiro atoms. The summed E-state index contributed by atoms with van der Waals surface area (Å²) in [5.41, 5.74) is 6.56. The van der Waals surface area contributed by atoms with Gasteiger partial charge in [-0.05, 0) is 31.0 Å². The predicted octanol–water partition coefficient (Wildman–Crippen LogP) is 3.44. The molecule has 7 nitrogen and oxygen atoms in total. The van der Waals surface area contributed by atoms with Crippen molar-refractivity contribution in [1.82, 2.24) is 14.4 Å². The summed E-state index contributed by atoms with van der Waals surface area (Å²) in [6, 6.07) is 11.7. The van der Waals surface area contributed by atoms with Crippen LogP contribution in [0.5, 0.6) is 0 Å². The minimum absolute atomic E-state index is 0.0398. The maximum atomic E-state index is 13.3. The first-order chi connectivity index (χ1) is 15.1. The first-order valence-electron chi connectivity index (χ1n) is 10.3. The molecule has 1 aliphatic rings. The summed E-state index contributed by atoms with van der Waals surface area (Å²) in [6.45, 7) is 2.41. The fraction of sp³-hybridized carbons (Fsp3) is 0.208. The van der Waals surface area contributed by atoms with Crippen molar-refractivity contribution in [1.29, 1.82) is 0 Å². The number of benzene rings is 2. The molecule has 1 aliphatic heterocycles. The van der Waals surface area contributed by atoms with E-state index in [0.717, 1.165) is 40.0 Å². The zero-order valence-electron chi connectivity index (χ0n) is 17.5. The largest absolute Gasteiger partial charge is 0.392 e. The standard InChI is InChI=1S/C24H23N5O2/c1-15-6-7-17-16(12-15)8-10-29(24(17)31)21-5-3-4-18(19(21)14-30)20-13-28-11-9-26-23(28)22(25-2)27-20/h3-7,9,11-13,30H,8,10,14H2,1-2H3,(H,25,27). The van der Waals surface area contributed by atoms with Crippen LogP contribution in [0.25, 0.3) is 16.9 Å². The minimum Gasteiger partial charge on any atom is -0.392 e. The number of carbonyl (C=O) groups excluding carboxylic acids is 1. The summed E-state index contributed by atoms with van der Waals surface area (Å²) in [5.74, 6) is 0.608. The van der Waals surface area contributed by atoms with Gasteiger partial charge in [0.2, 0.25) is 0 Å². The molecule has 7 heteroatoms. The quantitative estimate of drug-likeness (QED) is 0.536. The van der Waals surface area contributed by atoms with E-state index in [0.29, 0.717) is 23.6 Å². The molecule has 2 N–H and O–H groups in total. The van der Waals surface area contributed by atoms with E-state index in [1.807, 2.05) is 54.0 Å². The molecule has 3 heterocycles. The van der Waals surface area contributed by atoms with Gasteiger partial charge in [-0.15, -0.1) is 0 Å². The number of aromatic nitrogens is 3. The fourth-order valence-corrected chi connectivity index (χ4v) is 4.31. The van der Waals surface area contributed by atoms with Crippen molar-refractivity contribution in [2.45, 2.75) is 20.0 Å². The number of aryl methyl sites for hydroxylation is 1. The first kappa shape index (κ1) is 19.3. The molecule has 0 saturated carbocycles. The molecule has 2 aromatic carbocycles. The van der Waals surface area contributed by atoms with Gasteiger partial charge in [0.05, 0.1) is 18.0 Å². The van der Waals surface area contributed by atoms with Gasteiger partial charge in [0.25, 0.3) is 5.91 Å². The number of aliphatic hydroxyl groups excluding tert-OH is 1. The Kier molecular flexibility index (Phi) is 4.67. The zero-order valence-corrected chi connectivity index (χ0v) is 17.5. The van der Waals surface area contributed by atoms with Crippen molar-refractivity contribution < 1.29 is 9.90 Å². The Labute approximate surface area is 180 Å². The number of aliphatic hydroxyl groups is 1. The molecule has 0 atom stereocenters. The van der Waals surface area contributed by atoms with E-state index in [9.17, 15) is 9.90 Å².